The monoisotopic (exact) mass is 500 g/mol. The van der Waals surface area contributed by atoms with E-state index in [1.54, 1.807) is 12.1 Å². The Balaban J connectivity index is 0.00000544. The molecule has 184 valence electrons. The topological polar surface area (TPSA) is 158 Å². The third-order valence-corrected chi connectivity index (χ3v) is 6.39. The molecule has 1 fully saturated rings. The van der Waals surface area contributed by atoms with Gasteiger partial charge in [0.25, 0.3) is 0 Å². The summed E-state index contributed by atoms with van der Waals surface area (Å²) in [5.41, 5.74) is 6.47. The molecule has 1 aromatic heterocycles. The summed E-state index contributed by atoms with van der Waals surface area (Å²) in [5.74, 6) is -1.04. The average molecular weight is 501 g/mol. The van der Waals surface area contributed by atoms with Crippen LogP contribution in [-0.4, -0.2) is 60.3 Å². The van der Waals surface area contributed by atoms with Crippen molar-refractivity contribution in [3.63, 3.8) is 0 Å². The van der Waals surface area contributed by atoms with Crippen molar-refractivity contribution in [3.8, 4) is 0 Å². The van der Waals surface area contributed by atoms with E-state index < -0.39 is 28.0 Å². The maximum absolute atomic E-state index is 13.2. The number of rotatable bonds is 11. The Labute approximate surface area is 201 Å². The van der Waals surface area contributed by atoms with Crippen LogP contribution in [0.15, 0.2) is 31.0 Å². The van der Waals surface area contributed by atoms with Crippen LogP contribution in [0.2, 0.25) is 0 Å². The molecule has 10 nitrogen and oxygen atoms in total. The molecule has 2 rings (SSSR count). The Morgan fingerprint density at radius 3 is 2.64 bits per heavy atom. The molecule has 0 radical (unpaired) electrons. The van der Waals surface area contributed by atoms with Crippen LogP contribution >= 0.6 is 12.4 Å². The van der Waals surface area contributed by atoms with Gasteiger partial charge in [-0.2, -0.15) is 0 Å². The van der Waals surface area contributed by atoms with Crippen LogP contribution < -0.4 is 15.8 Å². The Morgan fingerprint density at radius 2 is 2.09 bits per heavy atom. The fourth-order valence-electron chi connectivity index (χ4n) is 3.59. The quantitative estimate of drug-likeness (QED) is 0.201. The Hall–Kier alpha value is -2.50. The summed E-state index contributed by atoms with van der Waals surface area (Å²) < 4.78 is 26.9. The minimum absolute atomic E-state index is 0. The Morgan fingerprint density at radius 1 is 1.39 bits per heavy atom. The van der Waals surface area contributed by atoms with Crippen molar-refractivity contribution in [2.45, 2.75) is 51.7 Å². The molecule has 0 aromatic carbocycles. The number of nitrogens with zero attached hydrogens (tertiary/aromatic N) is 2. The molecule has 0 saturated carbocycles. The predicted molar refractivity (Wildman–Crippen MR) is 129 cm³/mol. The summed E-state index contributed by atoms with van der Waals surface area (Å²) >= 11 is 0. The smallest absolute Gasteiger partial charge is 0.243 e. The van der Waals surface area contributed by atoms with Gasteiger partial charge < -0.3 is 16.0 Å². The van der Waals surface area contributed by atoms with Crippen molar-refractivity contribution in [2.24, 2.45) is 11.7 Å². The average Bonchev–Trinajstić information content (AvgIpc) is 3.20. The molecule has 0 spiro atoms. The molecule has 1 saturated heterocycles. The van der Waals surface area contributed by atoms with E-state index in [2.05, 4.69) is 21.6 Å². The van der Waals surface area contributed by atoms with Gasteiger partial charge in [0.05, 0.1) is 5.75 Å². The molecule has 33 heavy (non-hydrogen) atoms. The van der Waals surface area contributed by atoms with Gasteiger partial charge in [0.2, 0.25) is 21.8 Å². The van der Waals surface area contributed by atoms with E-state index in [1.165, 1.54) is 17.2 Å². The van der Waals surface area contributed by atoms with Crippen molar-refractivity contribution >= 4 is 40.1 Å². The first-order valence-electron chi connectivity index (χ1n) is 10.5. The summed E-state index contributed by atoms with van der Waals surface area (Å²) in [6.07, 6.45) is 4.29. The van der Waals surface area contributed by atoms with Gasteiger partial charge in [0, 0.05) is 19.3 Å². The van der Waals surface area contributed by atoms with Gasteiger partial charge in [-0.1, -0.05) is 26.0 Å². The molecule has 2 amide bonds. The van der Waals surface area contributed by atoms with Gasteiger partial charge in [-0.15, -0.1) is 19.0 Å². The standard InChI is InChI=1S/C21H32N6O4S.ClH/c1-4-10-32(30,31)26-17(11-14(2)3)21(29)27-9-5-6-18(27)20(28)25-13-15-7-8-16(19(22)23)24-12-15;/h4,7-8,12,14,17-18,26H,1,5-6,9-11,13H2,2-3H3,(H3,22,23)(H,25,28);1H/t17?,18-;/m0./s1. The molecule has 2 atom stereocenters. The number of sulfonamides is 1. The fourth-order valence-corrected chi connectivity index (χ4v) is 4.63. The van der Waals surface area contributed by atoms with Crippen LogP contribution in [0.4, 0.5) is 0 Å². The normalized spacial score (nSPS) is 16.7. The lowest BCUT2D eigenvalue weighted by Gasteiger charge is -2.29. The highest BCUT2D eigenvalue weighted by atomic mass is 35.5. The number of nitrogens with one attached hydrogen (secondary N) is 3. The highest BCUT2D eigenvalue weighted by Gasteiger charge is 2.38. The number of aromatic nitrogens is 1. The van der Waals surface area contributed by atoms with Crippen LogP contribution in [0.5, 0.6) is 0 Å². The maximum atomic E-state index is 13.2. The van der Waals surface area contributed by atoms with Gasteiger partial charge in [0.1, 0.15) is 23.6 Å². The van der Waals surface area contributed by atoms with E-state index in [-0.39, 0.29) is 42.4 Å². The van der Waals surface area contributed by atoms with E-state index >= 15 is 0 Å². The number of nitrogens with two attached hydrogens (primary N) is 1. The number of pyridine rings is 1. The summed E-state index contributed by atoms with van der Waals surface area (Å²) in [6, 6.07) is 1.72. The third-order valence-electron chi connectivity index (χ3n) is 5.07. The number of hydrogen-bond acceptors (Lipinski definition) is 6. The number of hydrogen-bond donors (Lipinski definition) is 4. The first kappa shape index (κ1) is 28.5. The van der Waals surface area contributed by atoms with Gasteiger partial charge >= 0.3 is 0 Å². The van der Waals surface area contributed by atoms with Crippen molar-refractivity contribution in [2.75, 3.05) is 12.3 Å². The second-order valence-corrected chi connectivity index (χ2v) is 10.0. The summed E-state index contributed by atoms with van der Waals surface area (Å²) in [4.78, 5) is 31.5. The highest BCUT2D eigenvalue weighted by Crippen LogP contribution is 2.21. The minimum atomic E-state index is -3.69. The van der Waals surface area contributed by atoms with Gasteiger partial charge in [-0.05, 0) is 36.8 Å². The lowest BCUT2D eigenvalue weighted by molar-refractivity contribution is -0.140. The van der Waals surface area contributed by atoms with Gasteiger partial charge in [0.15, 0.2) is 0 Å². The van der Waals surface area contributed by atoms with Crippen molar-refractivity contribution < 1.29 is 18.0 Å². The number of carbonyl (C=O) groups is 2. The summed E-state index contributed by atoms with van der Waals surface area (Å²) in [6.45, 7) is 7.86. The molecular formula is C21H33ClN6O4S. The third kappa shape index (κ3) is 8.41. The molecule has 1 aliphatic heterocycles. The van der Waals surface area contributed by atoms with Crippen LogP contribution in [0.25, 0.3) is 0 Å². The highest BCUT2D eigenvalue weighted by molar-refractivity contribution is 7.89. The first-order valence-corrected chi connectivity index (χ1v) is 12.2. The largest absolute Gasteiger partial charge is 0.382 e. The molecule has 2 heterocycles. The fraction of sp³-hybridized carbons (Fsp3) is 0.524. The second-order valence-electron chi connectivity index (χ2n) is 8.24. The minimum Gasteiger partial charge on any atom is -0.382 e. The predicted octanol–water partition coefficient (Wildman–Crippen LogP) is 0.915. The molecule has 1 aliphatic rings. The van der Waals surface area contributed by atoms with E-state index in [1.807, 2.05) is 13.8 Å². The zero-order valence-electron chi connectivity index (χ0n) is 18.9. The van der Waals surface area contributed by atoms with Crippen LogP contribution in [-0.2, 0) is 26.2 Å². The second kappa shape index (κ2) is 12.7. The molecule has 0 aliphatic carbocycles. The van der Waals surface area contributed by atoms with Crippen LogP contribution in [0, 0.1) is 11.3 Å². The molecule has 5 N–H and O–H groups in total. The van der Waals surface area contributed by atoms with Crippen LogP contribution in [0.3, 0.4) is 0 Å². The first-order chi connectivity index (χ1) is 15.0. The Kier molecular flexibility index (Phi) is 10.9. The maximum Gasteiger partial charge on any atom is 0.243 e. The van der Waals surface area contributed by atoms with Crippen molar-refractivity contribution in [1.82, 2.24) is 19.9 Å². The van der Waals surface area contributed by atoms with Crippen LogP contribution in [0.1, 0.15) is 44.4 Å². The summed E-state index contributed by atoms with van der Waals surface area (Å²) in [5, 5.41) is 10.2. The summed E-state index contributed by atoms with van der Waals surface area (Å²) in [7, 11) is -3.69. The Bertz CT molecular complexity index is 952. The lowest BCUT2D eigenvalue weighted by Crippen LogP contribution is -2.53. The number of likely N-dealkylation sites (tertiary alicyclic amines) is 1. The van der Waals surface area contributed by atoms with E-state index in [0.717, 1.165) is 5.56 Å². The van der Waals surface area contributed by atoms with Crippen molar-refractivity contribution in [1.29, 1.82) is 5.41 Å². The molecule has 1 unspecified atom stereocenters. The SMILES string of the molecule is C=CCS(=O)(=O)NC(CC(C)C)C(=O)N1CCC[C@H]1C(=O)NCc1ccc(C(=N)N)nc1.Cl. The van der Waals surface area contributed by atoms with Crippen molar-refractivity contribution in [3.05, 3.63) is 42.2 Å². The molecule has 12 heteroatoms. The molecule has 0 bridgehead atoms. The van der Waals surface area contributed by atoms with E-state index in [0.29, 0.717) is 31.5 Å². The van der Waals surface area contributed by atoms with Gasteiger partial charge in [-0.3, -0.25) is 20.0 Å². The number of halogens is 1. The molecule has 1 aromatic rings. The van der Waals surface area contributed by atoms with E-state index in [9.17, 15) is 18.0 Å². The number of nitrogen functional groups attached to an aromatic ring is 1. The van der Waals surface area contributed by atoms with E-state index in [4.69, 9.17) is 11.1 Å². The number of amides is 2. The number of amidine groups is 1. The van der Waals surface area contributed by atoms with Gasteiger partial charge in [-0.25, -0.2) is 13.1 Å². The number of carbonyl (C=O) groups excluding carboxylic acids is 2. The zero-order chi connectivity index (χ0) is 23.9. The zero-order valence-corrected chi connectivity index (χ0v) is 20.5. The molecular weight excluding hydrogens is 468 g/mol. The lowest BCUT2D eigenvalue weighted by atomic mass is 10.0.